The number of ether oxygens (including phenoxy) is 1. The zero-order chi connectivity index (χ0) is 22.3. The van der Waals surface area contributed by atoms with Gasteiger partial charge in [0.2, 0.25) is 5.95 Å². The average molecular weight is 444 g/mol. The van der Waals surface area contributed by atoms with Crippen molar-refractivity contribution in [3.63, 3.8) is 0 Å². The first-order valence-corrected chi connectivity index (χ1v) is 13.2. The van der Waals surface area contributed by atoms with Gasteiger partial charge in [-0.05, 0) is 83.5 Å². The lowest BCUT2D eigenvalue weighted by Crippen LogP contribution is -2.56. The van der Waals surface area contributed by atoms with Crippen molar-refractivity contribution in [3.05, 3.63) is 18.0 Å². The molecule has 2 atom stereocenters. The van der Waals surface area contributed by atoms with Gasteiger partial charge in [-0.15, -0.1) is 0 Å². The Morgan fingerprint density at radius 2 is 1.53 bits per heavy atom. The third-order valence-electron chi connectivity index (χ3n) is 8.01. The summed E-state index contributed by atoms with van der Waals surface area (Å²) < 4.78 is 5.13. The van der Waals surface area contributed by atoms with Crippen LogP contribution in [0.3, 0.4) is 0 Å². The minimum absolute atomic E-state index is 0.588. The second-order valence-corrected chi connectivity index (χ2v) is 10.5. The summed E-state index contributed by atoms with van der Waals surface area (Å²) in [6.07, 6.45) is 15.9. The van der Waals surface area contributed by atoms with E-state index >= 15 is 0 Å². The molecule has 3 saturated heterocycles. The quantitative estimate of drug-likeness (QED) is 0.475. The molecule has 0 aromatic carbocycles. The highest BCUT2D eigenvalue weighted by atomic mass is 16.5. The molecule has 6 nitrogen and oxygen atoms in total. The van der Waals surface area contributed by atoms with Crippen molar-refractivity contribution in [1.82, 2.24) is 19.8 Å². The van der Waals surface area contributed by atoms with Gasteiger partial charge in [-0.3, -0.25) is 4.90 Å². The molecule has 0 amide bonds. The van der Waals surface area contributed by atoms with E-state index in [1.54, 1.807) is 7.11 Å². The van der Waals surface area contributed by atoms with Crippen LogP contribution in [0.25, 0.3) is 0 Å². The van der Waals surface area contributed by atoms with E-state index in [9.17, 15) is 0 Å². The molecule has 2 bridgehead atoms. The Hall–Kier alpha value is -1.24. The number of nitrogens with zero attached hydrogens (tertiary/aromatic N) is 5. The van der Waals surface area contributed by atoms with Crippen molar-refractivity contribution in [2.24, 2.45) is 0 Å². The van der Waals surface area contributed by atoms with Gasteiger partial charge in [-0.2, -0.15) is 0 Å². The number of methoxy groups -OCH3 is 1. The van der Waals surface area contributed by atoms with Crippen molar-refractivity contribution in [3.8, 4) is 0 Å². The van der Waals surface area contributed by atoms with E-state index in [0.717, 1.165) is 25.6 Å². The van der Waals surface area contributed by atoms with Crippen LogP contribution < -0.4 is 4.90 Å². The van der Waals surface area contributed by atoms with Crippen molar-refractivity contribution in [2.75, 3.05) is 51.3 Å². The lowest BCUT2D eigenvalue weighted by Gasteiger charge is -2.42. The molecule has 3 aliphatic rings. The lowest BCUT2D eigenvalue weighted by atomic mass is 9.91. The van der Waals surface area contributed by atoms with E-state index in [-0.39, 0.29) is 0 Å². The highest BCUT2D eigenvalue weighted by Crippen LogP contribution is 2.34. The summed E-state index contributed by atoms with van der Waals surface area (Å²) in [5, 5.41) is 0. The van der Waals surface area contributed by atoms with Crippen LogP contribution in [0.15, 0.2) is 12.4 Å². The van der Waals surface area contributed by atoms with Crippen molar-refractivity contribution < 1.29 is 4.74 Å². The Bertz CT molecular complexity index is 659. The van der Waals surface area contributed by atoms with E-state index in [1.807, 2.05) is 0 Å². The Balaban J connectivity index is 1.20. The maximum atomic E-state index is 5.13. The van der Waals surface area contributed by atoms with E-state index in [0.29, 0.717) is 24.0 Å². The summed E-state index contributed by atoms with van der Waals surface area (Å²) in [4.78, 5) is 17.6. The number of rotatable bonds is 11. The molecule has 4 heterocycles. The summed E-state index contributed by atoms with van der Waals surface area (Å²) in [6, 6.07) is 1.81. The summed E-state index contributed by atoms with van der Waals surface area (Å²) in [7, 11) is 1.79. The molecular weight excluding hydrogens is 398 g/mol. The number of hydrogen-bond donors (Lipinski definition) is 0. The van der Waals surface area contributed by atoms with Crippen LogP contribution in [0.4, 0.5) is 5.95 Å². The van der Waals surface area contributed by atoms with Crippen LogP contribution in [0.2, 0.25) is 0 Å². The Morgan fingerprint density at radius 3 is 2.16 bits per heavy atom. The molecule has 0 radical (unpaired) electrons. The van der Waals surface area contributed by atoms with Gasteiger partial charge >= 0.3 is 0 Å². The molecule has 1 aromatic heterocycles. The highest BCUT2D eigenvalue weighted by molar-refractivity contribution is 5.38. The van der Waals surface area contributed by atoms with E-state index in [2.05, 4.69) is 40.9 Å². The summed E-state index contributed by atoms with van der Waals surface area (Å²) >= 11 is 0. The highest BCUT2D eigenvalue weighted by Gasteiger charge is 2.41. The normalized spacial score (nSPS) is 25.2. The molecule has 3 fully saturated rings. The number of anilines is 1. The predicted molar refractivity (Wildman–Crippen MR) is 131 cm³/mol. The summed E-state index contributed by atoms with van der Waals surface area (Å²) in [6.45, 7) is 11.6. The molecule has 180 valence electrons. The van der Waals surface area contributed by atoms with Crippen molar-refractivity contribution in [1.29, 1.82) is 0 Å². The fraction of sp³-hybridized carbons (Fsp3) is 0.846. The van der Waals surface area contributed by atoms with Crippen LogP contribution in [-0.4, -0.2) is 84.3 Å². The lowest BCUT2D eigenvalue weighted by molar-refractivity contribution is 0.176. The van der Waals surface area contributed by atoms with E-state index in [4.69, 9.17) is 14.7 Å². The number of fused-ring (bicyclic) bond motifs is 2. The molecule has 2 unspecified atom stereocenters. The fourth-order valence-electron chi connectivity index (χ4n) is 5.96. The van der Waals surface area contributed by atoms with Crippen molar-refractivity contribution in [2.45, 2.75) is 95.7 Å². The molecule has 0 N–H and O–H groups in total. The minimum Gasteiger partial charge on any atom is -0.385 e. The summed E-state index contributed by atoms with van der Waals surface area (Å²) in [5.41, 5.74) is 1.35. The van der Waals surface area contributed by atoms with E-state index in [1.165, 1.54) is 83.0 Å². The maximum Gasteiger partial charge on any atom is 0.225 e. The molecule has 0 spiro atoms. The van der Waals surface area contributed by atoms with Gasteiger partial charge in [0.05, 0.1) is 0 Å². The second-order valence-electron chi connectivity index (χ2n) is 10.5. The SMILES string of the molecule is COCCCCCCCN1CCC(c2cnc(N3C4CCC3CN(C(C)C)C4)nc2)CC1. The second kappa shape index (κ2) is 11.8. The van der Waals surface area contributed by atoms with E-state index < -0.39 is 0 Å². The predicted octanol–water partition coefficient (Wildman–Crippen LogP) is 4.31. The molecule has 0 aliphatic carbocycles. The molecule has 32 heavy (non-hydrogen) atoms. The van der Waals surface area contributed by atoms with Crippen LogP contribution in [0, 0.1) is 0 Å². The number of piperidine rings is 1. The topological polar surface area (TPSA) is 44.7 Å². The summed E-state index contributed by atoms with van der Waals surface area (Å²) in [5.74, 6) is 1.59. The minimum atomic E-state index is 0.588. The Labute approximate surface area is 195 Å². The first-order chi connectivity index (χ1) is 15.7. The molecule has 3 aliphatic heterocycles. The van der Waals surface area contributed by atoms with Gasteiger partial charge in [0, 0.05) is 57.3 Å². The molecule has 4 rings (SSSR count). The Morgan fingerprint density at radius 1 is 0.906 bits per heavy atom. The average Bonchev–Trinajstić information content (AvgIpc) is 3.07. The first kappa shape index (κ1) is 23.9. The standard InChI is InChI=1S/C26H45N5O/c1-21(2)30-19-24-9-10-25(20-30)31(24)26-27-17-23(18-28-26)22-11-14-29(15-12-22)13-7-5-4-6-8-16-32-3/h17-18,21-22,24-25H,4-16,19-20H2,1-3H3. The van der Waals surface area contributed by atoms with Crippen LogP contribution in [0.1, 0.15) is 83.1 Å². The van der Waals surface area contributed by atoms with Gasteiger partial charge < -0.3 is 14.5 Å². The number of likely N-dealkylation sites (tertiary alicyclic amines) is 2. The van der Waals surface area contributed by atoms with Gasteiger partial charge in [0.1, 0.15) is 0 Å². The number of aromatic nitrogens is 2. The van der Waals surface area contributed by atoms with Crippen LogP contribution in [-0.2, 0) is 4.74 Å². The van der Waals surface area contributed by atoms with Gasteiger partial charge in [-0.1, -0.05) is 19.3 Å². The zero-order valence-electron chi connectivity index (χ0n) is 20.7. The third kappa shape index (κ3) is 6.00. The van der Waals surface area contributed by atoms with Crippen LogP contribution in [0.5, 0.6) is 0 Å². The number of hydrogen-bond acceptors (Lipinski definition) is 6. The first-order valence-electron chi connectivity index (χ1n) is 13.2. The fourth-order valence-corrected chi connectivity index (χ4v) is 5.96. The number of unbranched alkanes of at least 4 members (excludes halogenated alkanes) is 4. The molecular formula is C26H45N5O. The van der Waals surface area contributed by atoms with Gasteiger partial charge in [-0.25, -0.2) is 9.97 Å². The maximum absolute atomic E-state index is 5.13. The Kier molecular flexibility index (Phi) is 8.78. The van der Waals surface area contributed by atoms with Crippen LogP contribution >= 0.6 is 0 Å². The smallest absolute Gasteiger partial charge is 0.225 e. The van der Waals surface area contributed by atoms with Gasteiger partial charge in [0.15, 0.2) is 0 Å². The number of piperazine rings is 1. The van der Waals surface area contributed by atoms with Crippen molar-refractivity contribution >= 4 is 5.95 Å². The largest absolute Gasteiger partial charge is 0.385 e. The van der Waals surface area contributed by atoms with Gasteiger partial charge in [0.25, 0.3) is 0 Å². The molecule has 6 heteroatoms. The third-order valence-corrected chi connectivity index (χ3v) is 8.01. The monoisotopic (exact) mass is 443 g/mol. The zero-order valence-corrected chi connectivity index (χ0v) is 20.7. The molecule has 0 saturated carbocycles. The molecule has 1 aromatic rings.